The van der Waals surface area contributed by atoms with E-state index in [1.54, 1.807) is 6.92 Å². The third-order valence-electron chi connectivity index (χ3n) is 10.8. The Balaban J connectivity index is 0.000000566. The maximum Gasteiger partial charge on any atom is 0.330 e. The van der Waals surface area contributed by atoms with Gasteiger partial charge in [-0.1, -0.05) is 204 Å². The average molecular weight is 1210 g/mol. The van der Waals surface area contributed by atoms with E-state index in [9.17, 15) is 28.8 Å². The largest absolute Gasteiger partial charge is 0.465 e. The Hall–Kier alpha value is -5.32. The summed E-state index contributed by atoms with van der Waals surface area (Å²) in [5.41, 5.74) is 2.05. The van der Waals surface area contributed by atoms with E-state index in [0.29, 0.717) is 46.9 Å². The second-order valence-electron chi connectivity index (χ2n) is 16.6. The number of rotatable bonds is 30. The highest BCUT2D eigenvalue weighted by Gasteiger charge is 2.35. The fourth-order valence-corrected chi connectivity index (χ4v) is 9.58. The van der Waals surface area contributed by atoms with Crippen LogP contribution in [0.25, 0.3) is 0 Å². The number of hydrogen-bond donors (Lipinski definition) is 1. The molecule has 12 nitrogen and oxygen atoms in total. The number of thioether (sulfide) groups is 3. The van der Waals surface area contributed by atoms with Crippen molar-refractivity contribution in [2.45, 2.75) is 46.0 Å². The molecule has 0 aromatic heterocycles. The van der Waals surface area contributed by atoms with Crippen molar-refractivity contribution in [3.05, 3.63) is 182 Å². The highest BCUT2D eigenvalue weighted by molar-refractivity contribution is 8.24. The predicted octanol–water partition coefficient (Wildman–Crippen LogP) is 12.4. The minimum absolute atomic E-state index is 0.0730. The first-order valence-corrected chi connectivity index (χ1v) is 29.3. The molecule has 0 saturated heterocycles. The molecule has 4 aromatic carbocycles. The van der Waals surface area contributed by atoms with Crippen LogP contribution in [0, 0.1) is 10.8 Å². The molecular formula is C58H64O12S8. The lowest BCUT2D eigenvalue weighted by Crippen LogP contribution is -2.39. The molecule has 0 aliphatic carbocycles. The maximum atomic E-state index is 12.7. The molecule has 20 heteroatoms. The van der Waals surface area contributed by atoms with E-state index in [1.165, 1.54) is 35.3 Å². The number of carbonyl (C=O) groups excluding carboxylic acids is 6. The minimum Gasteiger partial charge on any atom is -0.465 e. The summed E-state index contributed by atoms with van der Waals surface area (Å²) in [6.07, 6.45) is 4.39. The molecule has 0 spiro atoms. The molecule has 416 valence electrons. The summed E-state index contributed by atoms with van der Waals surface area (Å²) in [5, 5.41) is 0. The molecule has 0 aliphatic heterocycles. The van der Waals surface area contributed by atoms with Gasteiger partial charge in [0.05, 0.1) is 46.9 Å². The number of thiol groups is 1. The average Bonchev–Trinajstić information content (AvgIpc) is 3.48. The van der Waals surface area contributed by atoms with Crippen molar-refractivity contribution in [1.29, 1.82) is 0 Å². The SMILES string of the molecule is C=CC(=O)OCC(CC)(COC(=O)C=C)COC(=O)C=C.CCC(COC(=O)CCSC(=S)c1ccccc1)(COC(=O)CCSC(=S)c1ccccc1)COC(=O)CCSC(=S)c1ccccc1.S=C(S)c1ccccc1. The smallest absolute Gasteiger partial charge is 0.330 e. The summed E-state index contributed by atoms with van der Waals surface area (Å²) >= 11 is 29.5. The van der Waals surface area contributed by atoms with Gasteiger partial charge in [0.1, 0.15) is 39.6 Å². The van der Waals surface area contributed by atoms with Gasteiger partial charge < -0.3 is 28.4 Å². The lowest BCUT2D eigenvalue weighted by molar-refractivity contribution is -0.162. The first kappa shape index (κ1) is 68.8. The Morgan fingerprint density at radius 3 is 0.859 bits per heavy atom. The molecule has 78 heavy (non-hydrogen) atoms. The van der Waals surface area contributed by atoms with Crippen LogP contribution in [0.5, 0.6) is 0 Å². The topological polar surface area (TPSA) is 158 Å². The second-order valence-corrected chi connectivity index (χ2v) is 23.0. The van der Waals surface area contributed by atoms with Crippen LogP contribution in [0.4, 0.5) is 0 Å². The molecule has 0 aliphatic rings. The van der Waals surface area contributed by atoms with Gasteiger partial charge in [-0.05, 0) is 35.1 Å². The van der Waals surface area contributed by atoms with E-state index in [0.717, 1.165) is 40.5 Å². The van der Waals surface area contributed by atoms with Crippen molar-refractivity contribution in [2.75, 3.05) is 56.9 Å². The summed E-state index contributed by atoms with van der Waals surface area (Å²) in [7, 11) is 0. The van der Waals surface area contributed by atoms with Gasteiger partial charge in [-0.25, -0.2) is 14.4 Å². The van der Waals surface area contributed by atoms with Crippen LogP contribution in [0.1, 0.15) is 68.2 Å². The molecule has 4 rings (SSSR count). The summed E-state index contributed by atoms with van der Waals surface area (Å²) in [6, 6.07) is 38.5. The Morgan fingerprint density at radius 1 is 0.423 bits per heavy atom. The molecule has 0 amide bonds. The third-order valence-corrected chi connectivity index (χ3v) is 15.8. The number of hydrogen-bond acceptors (Lipinski definition) is 19. The summed E-state index contributed by atoms with van der Waals surface area (Å²) < 4.78 is 34.7. The van der Waals surface area contributed by atoms with E-state index in [-0.39, 0.29) is 58.9 Å². The molecule has 0 N–H and O–H groups in total. The van der Waals surface area contributed by atoms with Crippen molar-refractivity contribution in [1.82, 2.24) is 0 Å². The van der Waals surface area contributed by atoms with Gasteiger partial charge >= 0.3 is 35.8 Å². The lowest BCUT2D eigenvalue weighted by Gasteiger charge is -2.31. The predicted molar refractivity (Wildman–Crippen MR) is 335 cm³/mol. The zero-order valence-electron chi connectivity index (χ0n) is 43.5. The molecule has 4 aromatic rings. The summed E-state index contributed by atoms with van der Waals surface area (Å²) in [5.74, 6) is -1.70. The van der Waals surface area contributed by atoms with Crippen LogP contribution in [0.15, 0.2) is 159 Å². The molecule has 0 unspecified atom stereocenters. The Kier molecular flexibility index (Phi) is 35.2. The van der Waals surface area contributed by atoms with Gasteiger partial charge in [0.15, 0.2) is 0 Å². The zero-order valence-corrected chi connectivity index (χ0v) is 50.1. The summed E-state index contributed by atoms with van der Waals surface area (Å²) in [4.78, 5) is 71.7. The van der Waals surface area contributed by atoms with Gasteiger partial charge in [-0.15, -0.1) is 47.9 Å². The highest BCUT2D eigenvalue weighted by atomic mass is 32.2. The third kappa shape index (κ3) is 29.1. The molecular weight excluding hydrogens is 1150 g/mol. The van der Waals surface area contributed by atoms with Gasteiger partial charge in [-0.2, -0.15) is 0 Å². The number of benzene rings is 4. The Morgan fingerprint density at radius 2 is 0.654 bits per heavy atom. The van der Waals surface area contributed by atoms with Crippen molar-refractivity contribution < 1.29 is 57.2 Å². The van der Waals surface area contributed by atoms with Crippen molar-refractivity contribution in [3.8, 4) is 0 Å². The van der Waals surface area contributed by atoms with E-state index < -0.39 is 46.6 Å². The van der Waals surface area contributed by atoms with Crippen molar-refractivity contribution in [2.24, 2.45) is 10.8 Å². The van der Waals surface area contributed by atoms with Crippen LogP contribution < -0.4 is 0 Å². The monoisotopic (exact) mass is 1210 g/mol. The molecule has 0 saturated carbocycles. The first-order chi connectivity index (χ1) is 37.4. The van der Waals surface area contributed by atoms with Gasteiger partial charge in [0.2, 0.25) is 0 Å². The highest BCUT2D eigenvalue weighted by Crippen LogP contribution is 2.27. The molecule has 0 heterocycles. The van der Waals surface area contributed by atoms with E-state index in [4.69, 9.17) is 77.3 Å². The fraction of sp³-hybridized carbons (Fsp3) is 0.310. The van der Waals surface area contributed by atoms with Gasteiger partial charge in [0, 0.05) is 35.5 Å². The van der Waals surface area contributed by atoms with Gasteiger partial charge in [-0.3, -0.25) is 14.4 Å². The minimum atomic E-state index is -0.910. The number of ether oxygens (including phenoxy) is 6. The van der Waals surface area contributed by atoms with E-state index in [2.05, 4.69) is 32.4 Å². The number of esters is 6. The zero-order chi connectivity index (χ0) is 57.6. The molecule has 0 fully saturated rings. The molecule has 0 atom stereocenters. The molecule has 0 radical (unpaired) electrons. The first-order valence-electron chi connectivity index (χ1n) is 24.2. The summed E-state index contributed by atoms with van der Waals surface area (Å²) in [6.45, 7) is 13.1. The van der Waals surface area contributed by atoms with E-state index >= 15 is 0 Å². The number of carbonyl (C=O) groups is 6. The Bertz CT molecular complexity index is 2360. The van der Waals surface area contributed by atoms with Gasteiger partial charge in [0.25, 0.3) is 0 Å². The maximum absolute atomic E-state index is 12.7. The van der Waals surface area contributed by atoms with Crippen molar-refractivity contribution >= 4 is 149 Å². The fourth-order valence-electron chi connectivity index (χ4n) is 5.86. The van der Waals surface area contributed by atoms with Crippen LogP contribution in [-0.2, 0) is 57.2 Å². The normalized spacial score (nSPS) is 10.5. The second kappa shape index (κ2) is 39.9. The van der Waals surface area contributed by atoms with Crippen LogP contribution in [-0.4, -0.2) is 110 Å². The lowest BCUT2D eigenvalue weighted by atomic mass is 9.88. The van der Waals surface area contributed by atoms with Crippen LogP contribution in [0.3, 0.4) is 0 Å². The van der Waals surface area contributed by atoms with Crippen LogP contribution >= 0.6 is 96.8 Å². The van der Waals surface area contributed by atoms with E-state index in [1.807, 2.05) is 128 Å². The quantitative estimate of drug-likeness (QED) is 0.0173. The number of thiocarbonyl (C=S) groups is 4. The molecule has 0 bridgehead atoms. The standard InChI is InChI=1S/C36H38O6S6.C15H20O6.C7H6S2/c1-2-36(24-40-30(37)18-21-46-33(43)27-12-6-3-7-13-27,25-41-31(38)19-22-47-34(44)28-14-8-4-9-15-28)26-42-32(39)20-23-48-35(45)29-16-10-5-11-17-29;1-5-12(16)19-9-15(8-4,10-20-13(17)6-2)11-21-14(18)7-3;8-7(9)6-4-2-1-3-5-6/h3-17H,2,18-26H2,1H3;5-7H,1-3,8-11H2,4H3;1-5H,(H,8,9). The Labute approximate surface area is 498 Å². The van der Waals surface area contributed by atoms with Crippen molar-refractivity contribution in [3.63, 3.8) is 0 Å². The van der Waals surface area contributed by atoms with Crippen LogP contribution in [0.2, 0.25) is 0 Å².